The van der Waals surface area contributed by atoms with Gasteiger partial charge in [-0.05, 0) is 33.3 Å². The van der Waals surface area contributed by atoms with Crippen LogP contribution in [0, 0.1) is 0 Å². The fourth-order valence-corrected chi connectivity index (χ4v) is 2.15. The fourth-order valence-electron chi connectivity index (χ4n) is 2.15. The number of ether oxygens (including phenoxy) is 2. The van der Waals surface area contributed by atoms with Crippen LogP contribution in [-0.2, 0) is 30.3 Å². The topological polar surface area (TPSA) is 114 Å². The summed E-state index contributed by atoms with van der Waals surface area (Å²) in [7, 11) is 1.43. The van der Waals surface area contributed by atoms with Gasteiger partial charge in [0.2, 0.25) is 0 Å². The van der Waals surface area contributed by atoms with Gasteiger partial charge < -0.3 is 9.47 Å². The molecular formula is C19H27N3O6. The lowest BCUT2D eigenvalue weighted by Gasteiger charge is -2.30. The molecule has 9 nitrogen and oxygen atoms in total. The minimum absolute atomic E-state index is 0.0260. The molecule has 0 saturated carbocycles. The minimum atomic E-state index is -1.12. The van der Waals surface area contributed by atoms with Gasteiger partial charge >= 0.3 is 18.0 Å². The van der Waals surface area contributed by atoms with Crippen LogP contribution in [-0.4, -0.2) is 54.1 Å². The van der Waals surface area contributed by atoms with Gasteiger partial charge in [-0.2, -0.15) is 0 Å². The third kappa shape index (κ3) is 7.65. The number of rotatable bonds is 5. The van der Waals surface area contributed by atoms with Crippen molar-refractivity contribution >= 4 is 23.9 Å². The van der Waals surface area contributed by atoms with Gasteiger partial charge in [0, 0.05) is 13.5 Å². The summed E-state index contributed by atoms with van der Waals surface area (Å²) in [6, 6.07) is 8.07. The molecule has 1 atom stereocenters. The molecule has 0 aliphatic carbocycles. The van der Waals surface area contributed by atoms with Gasteiger partial charge in [-0.15, -0.1) is 0 Å². The number of benzene rings is 1. The molecule has 154 valence electrons. The first-order valence-corrected chi connectivity index (χ1v) is 8.81. The van der Waals surface area contributed by atoms with Crippen LogP contribution in [0.5, 0.6) is 0 Å². The van der Waals surface area contributed by atoms with Crippen LogP contribution >= 0.6 is 0 Å². The Hall–Kier alpha value is -3.10. The number of esters is 1. The molecule has 3 amide bonds. The molecule has 0 bridgehead atoms. The van der Waals surface area contributed by atoms with Crippen LogP contribution in [0.4, 0.5) is 4.79 Å². The molecule has 1 aromatic carbocycles. The molecule has 0 saturated heterocycles. The van der Waals surface area contributed by atoms with E-state index in [0.29, 0.717) is 0 Å². The lowest BCUT2D eigenvalue weighted by atomic mass is 10.0. The number of carbonyl (C=O) groups excluding carboxylic acids is 4. The maximum absolute atomic E-state index is 12.6. The van der Waals surface area contributed by atoms with E-state index in [1.807, 2.05) is 11.5 Å². The molecular weight excluding hydrogens is 366 g/mol. The van der Waals surface area contributed by atoms with Crippen LogP contribution in [0.2, 0.25) is 0 Å². The Labute approximate surface area is 164 Å². The second-order valence-electron chi connectivity index (χ2n) is 6.96. The summed E-state index contributed by atoms with van der Waals surface area (Å²) in [6.07, 6.45) is -0.516. The van der Waals surface area contributed by atoms with E-state index in [4.69, 9.17) is 4.74 Å². The number of hydrogen-bond acceptors (Lipinski definition) is 6. The van der Waals surface area contributed by atoms with Crippen molar-refractivity contribution in [2.24, 2.45) is 0 Å². The Morgan fingerprint density at radius 2 is 1.68 bits per heavy atom. The highest BCUT2D eigenvalue weighted by atomic mass is 16.6. The Bertz CT molecular complexity index is 699. The van der Waals surface area contributed by atoms with Crippen LogP contribution < -0.4 is 10.9 Å². The molecule has 0 spiro atoms. The van der Waals surface area contributed by atoms with E-state index < -0.39 is 35.5 Å². The first kappa shape index (κ1) is 22.9. The smallest absolute Gasteiger partial charge is 0.410 e. The van der Waals surface area contributed by atoms with E-state index in [-0.39, 0.29) is 13.0 Å². The van der Waals surface area contributed by atoms with Crippen molar-refractivity contribution in [1.82, 2.24) is 15.8 Å². The van der Waals surface area contributed by atoms with Crippen molar-refractivity contribution < 1.29 is 28.7 Å². The highest BCUT2D eigenvalue weighted by Crippen LogP contribution is 2.14. The average Bonchev–Trinajstić information content (AvgIpc) is 2.63. The normalized spacial score (nSPS) is 11.8. The molecule has 0 aliphatic rings. The van der Waals surface area contributed by atoms with Gasteiger partial charge in [0.15, 0.2) is 0 Å². The van der Waals surface area contributed by atoms with Crippen LogP contribution in [0.3, 0.4) is 0 Å². The lowest BCUT2D eigenvalue weighted by Crippen LogP contribution is -2.55. The van der Waals surface area contributed by atoms with E-state index in [9.17, 15) is 19.2 Å². The number of hydrogen-bond donors (Lipinski definition) is 2. The Kier molecular flexibility index (Phi) is 8.43. The molecule has 2 N–H and O–H groups in total. The number of nitrogens with one attached hydrogen (secondary N) is 2. The quantitative estimate of drug-likeness (QED) is 0.441. The van der Waals surface area contributed by atoms with E-state index in [0.717, 1.165) is 10.5 Å². The van der Waals surface area contributed by atoms with Gasteiger partial charge in [-0.3, -0.25) is 25.3 Å². The van der Waals surface area contributed by atoms with E-state index in [1.165, 1.54) is 7.05 Å². The predicted molar refractivity (Wildman–Crippen MR) is 101 cm³/mol. The summed E-state index contributed by atoms with van der Waals surface area (Å²) in [5, 5.41) is 0. The summed E-state index contributed by atoms with van der Waals surface area (Å²) in [5.74, 6) is -2.92. The van der Waals surface area contributed by atoms with Crippen LogP contribution in [0.15, 0.2) is 30.3 Å². The first-order chi connectivity index (χ1) is 13.0. The molecule has 1 rings (SSSR count). The number of hydrazine groups is 1. The van der Waals surface area contributed by atoms with Gasteiger partial charge in [-0.1, -0.05) is 30.3 Å². The molecule has 0 fully saturated rings. The standard InChI is InChI=1S/C19H27N3O6/c1-6-27-17(25)16(24)21-20-15(23)14(12-13-10-8-7-9-11-13)22(5)18(26)28-19(2,3)4/h7-11,14H,6,12H2,1-5H3,(H,20,23)(H,21,24). The van der Waals surface area contributed by atoms with Crippen LogP contribution in [0.25, 0.3) is 0 Å². The summed E-state index contributed by atoms with van der Waals surface area (Å²) in [5.41, 5.74) is 4.20. The number of carbonyl (C=O) groups is 4. The summed E-state index contributed by atoms with van der Waals surface area (Å²) >= 11 is 0. The highest BCUT2D eigenvalue weighted by Gasteiger charge is 2.31. The van der Waals surface area contributed by atoms with E-state index in [1.54, 1.807) is 52.0 Å². The van der Waals surface area contributed by atoms with E-state index in [2.05, 4.69) is 10.2 Å². The molecule has 0 radical (unpaired) electrons. The molecule has 0 aromatic heterocycles. The fraction of sp³-hybridized carbons (Fsp3) is 0.474. The Morgan fingerprint density at radius 1 is 1.07 bits per heavy atom. The van der Waals surface area contributed by atoms with Gasteiger partial charge in [0.1, 0.15) is 11.6 Å². The molecule has 1 aromatic rings. The third-order valence-electron chi connectivity index (χ3n) is 3.48. The number of likely N-dealkylation sites (N-methyl/N-ethyl adjacent to an activating group) is 1. The van der Waals surface area contributed by atoms with Crippen molar-refractivity contribution in [3.8, 4) is 0 Å². The molecule has 0 heterocycles. The van der Waals surface area contributed by atoms with Gasteiger partial charge in [0.25, 0.3) is 5.91 Å². The van der Waals surface area contributed by atoms with Crippen molar-refractivity contribution in [3.63, 3.8) is 0 Å². The highest BCUT2D eigenvalue weighted by molar-refractivity contribution is 6.32. The second-order valence-corrected chi connectivity index (χ2v) is 6.96. The van der Waals surface area contributed by atoms with Crippen LogP contribution in [0.1, 0.15) is 33.3 Å². The van der Waals surface area contributed by atoms with Gasteiger partial charge in [0.05, 0.1) is 6.61 Å². The molecule has 0 aliphatic heterocycles. The molecule has 28 heavy (non-hydrogen) atoms. The summed E-state index contributed by atoms with van der Waals surface area (Å²) in [6.45, 7) is 6.72. The largest absolute Gasteiger partial charge is 0.459 e. The minimum Gasteiger partial charge on any atom is -0.459 e. The third-order valence-corrected chi connectivity index (χ3v) is 3.48. The first-order valence-electron chi connectivity index (χ1n) is 8.81. The van der Waals surface area contributed by atoms with Gasteiger partial charge in [-0.25, -0.2) is 9.59 Å². The number of amides is 3. The zero-order valence-electron chi connectivity index (χ0n) is 16.8. The van der Waals surface area contributed by atoms with Crippen molar-refractivity contribution in [2.75, 3.05) is 13.7 Å². The predicted octanol–water partition coefficient (Wildman–Crippen LogP) is 1.18. The maximum atomic E-state index is 12.6. The van der Waals surface area contributed by atoms with E-state index >= 15 is 0 Å². The van der Waals surface area contributed by atoms with Crippen molar-refractivity contribution in [2.45, 2.75) is 45.8 Å². The molecule has 1 unspecified atom stereocenters. The maximum Gasteiger partial charge on any atom is 0.410 e. The second kappa shape index (κ2) is 10.3. The zero-order valence-corrected chi connectivity index (χ0v) is 16.8. The Morgan fingerprint density at radius 3 is 2.21 bits per heavy atom. The van der Waals surface area contributed by atoms with Crippen molar-refractivity contribution in [3.05, 3.63) is 35.9 Å². The summed E-state index contributed by atoms with van der Waals surface area (Å²) < 4.78 is 9.86. The summed E-state index contributed by atoms with van der Waals surface area (Å²) in [4.78, 5) is 49.1. The Balaban J connectivity index is 2.90. The molecule has 9 heteroatoms. The van der Waals surface area contributed by atoms with Crippen molar-refractivity contribution in [1.29, 1.82) is 0 Å². The zero-order chi connectivity index (χ0) is 21.3. The number of nitrogens with zero attached hydrogens (tertiary/aromatic N) is 1. The average molecular weight is 393 g/mol. The lowest BCUT2D eigenvalue weighted by molar-refractivity contribution is -0.155. The SMILES string of the molecule is CCOC(=O)C(=O)NNC(=O)C(Cc1ccccc1)N(C)C(=O)OC(C)(C)C. The monoisotopic (exact) mass is 393 g/mol.